The third-order valence-electron chi connectivity index (χ3n) is 6.27. The van der Waals surface area contributed by atoms with Gasteiger partial charge in [-0.3, -0.25) is 23.7 Å². The Morgan fingerprint density at radius 3 is 2.81 bits per heavy atom. The second kappa shape index (κ2) is 8.29. The molecule has 2 saturated heterocycles. The molecule has 3 aromatic heterocycles. The van der Waals surface area contributed by atoms with E-state index in [0.29, 0.717) is 0 Å². The Hall–Kier alpha value is -3.47. The number of carbonyl (C=O) groups is 1. The molecule has 6 N–H and O–H groups in total. The number of phosphoric ester groups is 1. The number of nitrogens with one attached hydrogen (secondary N) is 1. The predicted molar refractivity (Wildman–Crippen MR) is 118 cm³/mol. The lowest BCUT2D eigenvalue weighted by Gasteiger charge is -2.36. The number of aromatic nitrogens is 6. The van der Waals surface area contributed by atoms with E-state index in [-0.39, 0.29) is 35.6 Å². The van der Waals surface area contributed by atoms with E-state index in [1.165, 1.54) is 35.2 Å². The molecular formula is C18H21N8O9P. The standard InChI is InChI=1S/C18H21N8O9P/c1-8-2-25(17(30)23-15(8)29)16-11-12(35-36(31,32)33)18(5-27,34-16)4-26(11)9(28)3-24-7-22-10-13(19)20-6-21-14(10)24/h2,6-7,11-12,16,27H,3-5H2,1H3,(H2,19,20,21)(H,23,29,30)(H2,31,32,33)/t11-,12+,16-,18-/m1/s1. The van der Waals surface area contributed by atoms with Crippen LogP contribution in [0.5, 0.6) is 0 Å². The Morgan fingerprint density at radius 2 is 2.11 bits per heavy atom. The molecule has 2 aliphatic heterocycles. The number of aryl methyl sites for hydroxylation is 1. The van der Waals surface area contributed by atoms with Crippen LogP contribution < -0.4 is 17.0 Å². The molecule has 0 saturated carbocycles. The highest BCUT2D eigenvalue weighted by molar-refractivity contribution is 7.46. The van der Waals surface area contributed by atoms with Crippen molar-refractivity contribution in [3.63, 3.8) is 0 Å². The van der Waals surface area contributed by atoms with Crippen LogP contribution in [-0.4, -0.2) is 85.7 Å². The van der Waals surface area contributed by atoms with E-state index < -0.39 is 55.6 Å². The van der Waals surface area contributed by atoms with Gasteiger partial charge in [0.15, 0.2) is 17.7 Å². The fourth-order valence-corrected chi connectivity index (χ4v) is 5.27. The highest BCUT2D eigenvalue weighted by atomic mass is 31.2. The summed E-state index contributed by atoms with van der Waals surface area (Å²) in [6.07, 6.45) is 0.882. The molecule has 36 heavy (non-hydrogen) atoms. The molecule has 18 heteroatoms. The molecule has 5 heterocycles. The van der Waals surface area contributed by atoms with Crippen molar-refractivity contribution < 1.29 is 33.5 Å². The summed E-state index contributed by atoms with van der Waals surface area (Å²) in [4.78, 5) is 72.3. The van der Waals surface area contributed by atoms with Gasteiger partial charge >= 0.3 is 13.5 Å². The smallest absolute Gasteiger partial charge is 0.393 e. The lowest BCUT2D eigenvalue weighted by Crippen LogP contribution is -2.52. The number of nitrogens with two attached hydrogens (primary N) is 1. The number of morpholine rings is 1. The molecule has 3 aromatic rings. The Bertz CT molecular complexity index is 1530. The number of aromatic amines is 1. The number of fused-ring (bicyclic) bond motifs is 3. The number of hydrogen-bond acceptors (Lipinski definition) is 11. The number of imidazole rings is 1. The van der Waals surface area contributed by atoms with Crippen molar-refractivity contribution in [2.75, 3.05) is 18.9 Å². The molecule has 0 unspecified atom stereocenters. The van der Waals surface area contributed by atoms with Gasteiger partial charge in [0.1, 0.15) is 36.1 Å². The third-order valence-corrected chi connectivity index (χ3v) is 6.77. The number of carbonyl (C=O) groups excluding carboxylic acids is 1. The van der Waals surface area contributed by atoms with E-state index in [2.05, 4.69) is 19.9 Å². The van der Waals surface area contributed by atoms with Gasteiger partial charge in [-0.1, -0.05) is 0 Å². The number of anilines is 1. The van der Waals surface area contributed by atoms with Gasteiger partial charge in [0.05, 0.1) is 19.5 Å². The molecular weight excluding hydrogens is 503 g/mol. The Morgan fingerprint density at radius 1 is 1.36 bits per heavy atom. The fourth-order valence-electron chi connectivity index (χ4n) is 4.66. The number of ether oxygens (including phenoxy) is 1. The van der Waals surface area contributed by atoms with E-state index in [1.54, 1.807) is 0 Å². The summed E-state index contributed by atoms with van der Waals surface area (Å²) in [7, 11) is -5.12. The highest BCUT2D eigenvalue weighted by Gasteiger charge is 2.67. The number of likely N-dealkylation sites (tertiary alicyclic amines) is 1. The highest BCUT2D eigenvalue weighted by Crippen LogP contribution is 2.53. The zero-order valence-electron chi connectivity index (χ0n) is 18.6. The van der Waals surface area contributed by atoms with Gasteiger partial charge in [0.2, 0.25) is 5.91 Å². The molecule has 2 bridgehead atoms. The van der Waals surface area contributed by atoms with E-state index in [4.69, 9.17) is 15.0 Å². The van der Waals surface area contributed by atoms with E-state index in [0.717, 1.165) is 4.57 Å². The number of aliphatic hydroxyl groups excluding tert-OH is 1. The van der Waals surface area contributed by atoms with E-state index >= 15 is 0 Å². The number of aliphatic hydroxyl groups is 1. The minimum absolute atomic E-state index is 0.113. The SMILES string of the molecule is Cc1cn([C@@H]2O[C@@]3(CO)CN(C(=O)Cn4cnc5c(N)ncnc54)[C@@H]2[C@@H]3OP(=O)(O)O)c(=O)[nH]c1=O. The van der Waals surface area contributed by atoms with Crippen LogP contribution in [-0.2, 0) is 25.2 Å². The van der Waals surface area contributed by atoms with Gasteiger partial charge in [-0.2, -0.15) is 0 Å². The van der Waals surface area contributed by atoms with E-state index in [9.17, 15) is 33.8 Å². The first kappa shape index (κ1) is 24.2. The lowest BCUT2D eigenvalue weighted by atomic mass is 10.0. The zero-order chi connectivity index (χ0) is 26.0. The Kier molecular flexibility index (Phi) is 5.58. The molecule has 2 aliphatic rings. The number of hydrogen-bond donors (Lipinski definition) is 5. The second-order valence-corrected chi connectivity index (χ2v) is 9.73. The molecule has 2 fully saturated rings. The summed E-state index contributed by atoms with van der Waals surface area (Å²) >= 11 is 0. The van der Waals surface area contributed by atoms with Gasteiger partial charge < -0.3 is 34.8 Å². The van der Waals surface area contributed by atoms with Gasteiger partial charge in [-0.05, 0) is 6.92 Å². The van der Waals surface area contributed by atoms with Gasteiger partial charge in [0.25, 0.3) is 5.56 Å². The molecule has 0 aliphatic carbocycles. The van der Waals surface area contributed by atoms with Crippen LogP contribution in [0.4, 0.5) is 5.82 Å². The van der Waals surface area contributed by atoms with Crippen molar-refractivity contribution in [1.82, 2.24) is 34.0 Å². The number of nitrogen functional groups attached to an aromatic ring is 1. The zero-order valence-corrected chi connectivity index (χ0v) is 19.5. The van der Waals surface area contributed by atoms with Gasteiger partial charge in [-0.25, -0.2) is 24.3 Å². The molecule has 4 atom stereocenters. The predicted octanol–water partition coefficient (Wildman–Crippen LogP) is -2.78. The number of amides is 1. The summed E-state index contributed by atoms with van der Waals surface area (Å²) in [5.74, 6) is -0.462. The molecule has 5 rings (SSSR count). The summed E-state index contributed by atoms with van der Waals surface area (Å²) in [5, 5.41) is 10.2. The molecule has 1 amide bonds. The minimum atomic E-state index is -5.12. The van der Waals surface area contributed by atoms with Crippen molar-refractivity contribution >= 4 is 30.7 Å². The van der Waals surface area contributed by atoms with Crippen molar-refractivity contribution in [1.29, 1.82) is 0 Å². The Labute approximate surface area is 200 Å². The van der Waals surface area contributed by atoms with E-state index in [1.807, 2.05) is 0 Å². The van der Waals surface area contributed by atoms with Crippen LogP contribution >= 0.6 is 7.82 Å². The van der Waals surface area contributed by atoms with Crippen LogP contribution in [0.2, 0.25) is 0 Å². The van der Waals surface area contributed by atoms with Crippen LogP contribution in [0.15, 0.2) is 28.4 Å². The quantitative estimate of drug-likeness (QED) is 0.205. The molecule has 0 aromatic carbocycles. The second-order valence-electron chi connectivity index (χ2n) is 8.54. The lowest BCUT2D eigenvalue weighted by molar-refractivity contribution is -0.167. The summed E-state index contributed by atoms with van der Waals surface area (Å²) in [6.45, 7) is 0.0339. The molecule has 192 valence electrons. The number of H-pyrrole nitrogens is 1. The first-order valence-electron chi connectivity index (χ1n) is 10.5. The fraction of sp³-hybridized carbons (Fsp3) is 0.444. The van der Waals surface area contributed by atoms with Crippen LogP contribution in [0.1, 0.15) is 11.8 Å². The summed E-state index contributed by atoms with van der Waals surface area (Å²) < 4.78 is 25.0. The Balaban J connectivity index is 1.56. The van der Waals surface area contributed by atoms with Crippen LogP contribution in [0, 0.1) is 6.92 Å². The molecule has 0 radical (unpaired) electrons. The minimum Gasteiger partial charge on any atom is -0.393 e. The normalized spacial score (nSPS) is 25.7. The average molecular weight is 524 g/mol. The number of nitrogens with zero attached hydrogens (tertiary/aromatic N) is 6. The molecule has 0 spiro atoms. The maximum atomic E-state index is 13.5. The number of phosphoric acid groups is 1. The maximum Gasteiger partial charge on any atom is 0.470 e. The van der Waals surface area contributed by atoms with Crippen molar-refractivity contribution in [2.45, 2.75) is 37.4 Å². The van der Waals surface area contributed by atoms with Crippen molar-refractivity contribution in [3.05, 3.63) is 45.3 Å². The average Bonchev–Trinajstić information content (AvgIpc) is 3.44. The number of rotatable bonds is 6. The van der Waals surface area contributed by atoms with Gasteiger partial charge in [0, 0.05) is 11.8 Å². The summed E-state index contributed by atoms with van der Waals surface area (Å²) in [6, 6.07) is -1.25. The van der Waals surface area contributed by atoms with Gasteiger partial charge in [-0.15, -0.1) is 0 Å². The third kappa shape index (κ3) is 3.82. The van der Waals surface area contributed by atoms with Crippen molar-refractivity contribution in [3.8, 4) is 0 Å². The first-order valence-corrected chi connectivity index (χ1v) is 12.0. The maximum absolute atomic E-state index is 13.5. The molecule has 17 nitrogen and oxygen atoms in total. The topological polar surface area (TPSA) is 241 Å². The summed E-state index contributed by atoms with van der Waals surface area (Å²) in [5.41, 5.74) is 3.20. The van der Waals surface area contributed by atoms with Crippen LogP contribution in [0.25, 0.3) is 11.2 Å². The largest absolute Gasteiger partial charge is 0.470 e. The first-order chi connectivity index (χ1) is 16.9. The van der Waals surface area contributed by atoms with Crippen molar-refractivity contribution in [2.24, 2.45) is 0 Å². The van der Waals surface area contributed by atoms with Crippen LogP contribution in [0.3, 0.4) is 0 Å². The monoisotopic (exact) mass is 524 g/mol.